The summed E-state index contributed by atoms with van der Waals surface area (Å²) in [4.78, 5) is 22.9. The van der Waals surface area contributed by atoms with Crippen LogP contribution in [0, 0.1) is 4.91 Å². The van der Waals surface area contributed by atoms with Crippen molar-refractivity contribution >= 4 is 28.5 Å². The van der Waals surface area contributed by atoms with Gasteiger partial charge in [-0.1, -0.05) is 28.9 Å². The third kappa shape index (κ3) is 3.23. The lowest BCUT2D eigenvalue weighted by Crippen LogP contribution is -2.14. The highest BCUT2D eigenvalue weighted by Gasteiger charge is 2.19. The third-order valence-electron chi connectivity index (χ3n) is 4.06. The normalized spacial score (nSPS) is 17.8. The number of nitroso groups, excluding NO2 is 1. The minimum absolute atomic E-state index is 0.384. The van der Waals surface area contributed by atoms with Crippen LogP contribution in [0.15, 0.2) is 52.3 Å². The number of ether oxygens (including phenoxy) is 1. The lowest BCUT2D eigenvalue weighted by atomic mass is 10.0. The van der Waals surface area contributed by atoms with Crippen molar-refractivity contribution < 1.29 is 9.53 Å². The average Bonchev–Trinajstić information content (AvgIpc) is 2.90. The number of methoxy groups -OCH3 is 1. The van der Waals surface area contributed by atoms with E-state index in [2.05, 4.69) is 10.3 Å². The van der Waals surface area contributed by atoms with Gasteiger partial charge in [0.05, 0.1) is 30.9 Å². The summed E-state index contributed by atoms with van der Waals surface area (Å²) in [6.07, 6.45) is 6.70. The van der Waals surface area contributed by atoms with Crippen LogP contribution in [0.5, 0.6) is 0 Å². The van der Waals surface area contributed by atoms with Gasteiger partial charge in [0.2, 0.25) is 0 Å². The van der Waals surface area contributed by atoms with Gasteiger partial charge >= 0.3 is 5.97 Å². The van der Waals surface area contributed by atoms with Gasteiger partial charge in [0.1, 0.15) is 6.04 Å². The number of carbonyl (C=O) groups excluding carboxylic acids is 1. The van der Waals surface area contributed by atoms with Crippen molar-refractivity contribution in [1.29, 1.82) is 0 Å². The number of hydrogen-bond donors (Lipinski definition) is 0. The van der Waals surface area contributed by atoms with Crippen LogP contribution in [0.1, 0.15) is 23.2 Å². The van der Waals surface area contributed by atoms with E-state index in [4.69, 9.17) is 16.3 Å². The Morgan fingerprint density at radius 1 is 1.50 bits per heavy atom. The number of fused-ring (bicyclic) bond motifs is 1. The Bertz CT molecular complexity index is 854. The van der Waals surface area contributed by atoms with Crippen molar-refractivity contribution in [2.75, 3.05) is 7.11 Å². The van der Waals surface area contributed by atoms with Crippen LogP contribution in [0.2, 0.25) is 0 Å². The van der Waals surface area contributed by atoms with Crippen molar-refractivity contribution in [3.05, 3.63) is 57.6 Å². The number of benzene rings is 1. The molecule has 0 saturated carbocycles. The number of carbonyl (C=O) groups is 1. The predicted molar refractivity (Wildman–Crippen MR) is 91.9 cm³/mol. The van der Waals surface area contributed by atoms with Gasteiger partial charge in [-0.05, 0) is 36.6 Å². The van der Waals surface area contributed by atoms with Crippen LogP contribution in [0.4, 0.5) is 0 Å². The van der Waals surface area contributed by atoms with Crippen molar-refractivity contribution in [2.24, 2.45) is 5.18 Å². The van der Waals surface area contributed by atoms with E-state index >= 15 is 0 Å². The molecule has 0 saturated heterocycles. The smallest absolute Gasteiger partial charge is 0.337 e. The summed E-state index contributed by atoms with van der Waals surface area (Å²) in [5, 5.41) is 9.07. The molecule has 1 aliphatic rings. The molecule has 7 heteroatoms. The number of rotatable bonds is 4. The molecule has 0 aliphatic heterocycles. The zero-order valence-electron chi connectivity index (χ0n) is 13.1. The van der Waals surface area contributed by atoms with Gasteiger partial charge in [0.15, 0.2) is 0 Å². The maximum absolute atomic E-state index is 11.7. The van der Waals surface area contributed by atoms with Crippen LogP contribution in [-0.2, 0) is 11.3 Å². The molecule has 6 nitrogen and oxygen atoms in total. The van der Waals surface area contributed by atoms with Gasteiger partial charge in [-0.2, -0.15) is 10.0 Å². The van der Waals surface area contributed by atoms with Crippen molar-refractivity contribution in [1.82, 2.24) is 9.78 Å². The Hall–Kier alpha value is -2.47. The SMILES string of the molecule is COC(=O)c1ccc2cnn(CC3=CC(Cl)=CCCC3N=O)c2c1. The summed E-state index contributed by atoms with van der Waals surface area (Å²) in [5.74, 6) is -0.406. The van der Waals surface area contributed by atoms with Gasteiger partial charge in [-0.25, -0.2) is 4.79 Å². The summed E-state index contributed by atoms with van der Waals surface area (Å²) in [5.41, 5.74) is 2.04. The lowest BCUT2D eigenvalue weighted by molar-refractivity contribution is 0.0601. The lowest BCUT2D eigenvalue weighted by Gasteiger charge is -2.12. The Morgan fingerprint density at radius 3 is 3.08 bits per heavy atom. The predicted octanol–water partition coefficient (Wildman–Crippen LogP) is 3.80. The average molecular weight is 346 g/mol. The fraction of sp³-hybridized carbons (Fsp3) is 0.294. The van der Waals surface area contributed by atoms with Gasteiger partial charge in [0, 0.05) is 10.4 Å². The van der Waals surface area contributed by atoms with E-state index in [1.807, 2.05) is 12.1 Å². The molecule has 1 heterocycles. The summed E-state index contributed by atoms with van der Waals surface area (Å²) in [6, 6.07) is 4.81. The third-order valence-corrected chi connectivity index (χ3v) is 4.32. The maximum Gasteiger partial charge on any atom is 0.337 e. The summed E-state index contributed by atoms with van der Waals surface area (Å²) >= 11 is 6.13. The van der Waals surface area contributed by atoms with E-state index in [1.165, 1.54) is 7.11 Å². The number of allylic oxidation sites excluding steroid dienone is 3. The standard InChI is InChI=1S/C17H16ClN3O3/c1-24-17(22)11-5-6-12-9-19-21(16(12)8-11)10-13-7-14(18)3-2-4-15(13)20-23/h3,5-9,15H,2,4,10H2,1H3. The molecular formula is C17H16ClN3O3. The highest BCUT2D eigenvalue weighted by molar-refractivity contribution is 6.31. The molecule has 0 radical (unpaired) electrons. The molecule has 0 amide bonds. The quantitative estimate of drug-likeness (QED) is 0.624. The summed E-state index contributed by atoms with van der Waals surface area (Å²) in [7, 11) is 1.34. The minimum atomic E-state index is -0.430. The first-order valence-corrected chi connectivity index (χ1v) is 7.92. The van der Waals surface area contributed by atoms with E-state index in [9.17, 15) is 9.70 Å². The Morgan fingerprint density at radius 2 is 2.33 bits per heavy atom. The number of nitrogens with zero attached hydrogens (tertiary/aromatic N) is 3. The molecule has 0 bridgehead atoms. The van der Waals surface area contributed by atoms with Crippen molar-refractivity contribution in [3.63, 3.8) is 0 Å². The molecule has 2 aromatic rings. The van der Waals surface area contributed by atoms with Crippen LogP contribution in [0.3, 0.4) is 0 Å². The largest absolute Gasteiger partial charge is 0.465 e. The zero-order chi connectivity index (χ0) is 17.1. The Kier molecular flexibility index (Phi) is 4.76. The van der Waals surface area contributed by atoms with E-state index in [0.717, 1.165) is 16.5 Å². The molecule has 0 spiro atoms. The monoisotopic (exact) mass is 345 g/mol. The van der Waals surface area contributed by atoms with Gasteiger partial charge < -0.3 is 4.74 Å². The highest BCUT2D eigenvalue weighted by atomic mass is 35.5. The second-order valence-corrected chi connectivity index (χ2v) is 6.01. The molecule has 1 unspecified atom stereocenters. The molecule has 0 N–H and O–H groups in total. The van der Waals surface area contributed by atoms with E-state index in [1.54, 1.807) is 29.1 Å². The topological polar surface area (TPSA) is 73.5 Å². The maximum atomic E-state index is 11.7. The van der Waals surface area contributed by atoms with Crippen LogP contribution in [-0.4, -0.2) is 28.9 Å². The van der Waals surface area contributed by atoms with E-state index in [-0.39, 0.29) is 0 Å². The highest BCUT2D eigenvalue weighted by Crippen LogP contribution is 2.25. The van der Waals surface area contributed by atoms with E-state index < -0.39 is 12.0 Å². The molecule has 1 aromatic heterocycles. The van der Waals surface area contributed by atoms with Crippen LogP contribution in [0.25, 0.3) is 10.9 Å². The molecule has 24 heavy (non-hydrogen) atoms. The Labute approximate surface area is 143 Å². The second-order valence-electron chi connectivity index (χ2n) is 5.57. The fourth-order valence-corrected chi connectivity index (χ4v) is 3.03. The number of aromatic nitrogens is 2. The molecule has 1 atom stereocenters. The first kappa shape index (κ1) is 16.4. The van der Waals surface area contributed by atoms with Crippen molar-refractivity contribution in [3.8, 4) is 0 Å². The summed E-state index contributed by atoms with van der Waals surface area (Å²) < 4.78 is 6.49. The fourth-order valence-electron chi connectivity index (χ4n) is 2.78. The number of esters is 1. The zero-order valence-corrected chi connectivity index (χ0v) is 13.9. The number of hydrogen-bond acceptors (Lipinski definition) is 5. The molecule has 124 valence electrons. The Balaban J connectivity index is 1.98. The van der Waals surface area contributed by atoms with Gasteiger partial charge in [-0.15, -0.1) is 0 Å². The molecule has 1 aliphatic carbocycles. The van der Waals surface area contributed by atoms with Gasteiger partial charge in [-0.3, -0.25) is 4.68 Å². The van der Waals surface area contributed by atoms with Crippen LogP contribution >= 0.6 is 11.6 Å². The van der Waals surface area contributed by atoms with Crippen LogP contribution < -0.4 is 0 Å². The first-order valence-electron chi connectivity index (χ1n) is 7.55. The van der Waals surface area contributed by atoms with Crippen molar-refractivity contribution in [2.45, 2.75) is 25.4 Å². The summed E-state index contributed by atoms with van der Waals surface area (Å²) in [6.45, 7) is 0.384. The minimum Gasteiger partial charge on any atom is -0.465 e. The molecule has 3 rings (SSSR count). The molecular weight excluding hydrogens is 330 g/mol. The molecule has 0 fully saturated rings. The van der Waals surface area contributed by atoms with E-state index in [0.29, 0.717) is 30.0 Å². The molecule has 1 aromatic carbocycles. The first-order chi connectivity index (χ1) is 11.6. The second kappa shape index (κ2) is 6.97. The number of halogens is 1. The van der Waals surface area contributed by atoms with Gasteiger partial charge in [0.25, 0.3) is 0 Å².